The molecule has 0 radical (unpaired) electrons. The Morgan fingerprint density at radius 3 is 2.89 bits per heavy atom. The van der Waals surface area contributed by atoms with Crippen molar-refractivity contribution < 1.29 is 12.6 Å². The van der Waals surface area contributed by atoms with Crippen molar-refractivity contribution in [2.75, 3.05) is 12.9 Å². The number of aromatic nitrogens is 3. The zero-order valence-corrected chi connectivity index (χ0v) is 12.0. The summed E-state index contributed by atoms with van der Waals surface area (Å²) < 4.78 is 28.6. The van der Waals surface area contributed by atoms with Crippen molar-refractivity contribution in [1.29, 1.82) is 0 Å². The third-order valence-corrected chi connectivity index (χ3v) is 3.44. The zero-order chi connectivity index (χ0) is 14.0. The second-order valence-corrected chi connectivity index (χ2v) is 6.52. The van der Waals surface area contributed by atoms with Crippen molar-refractivity contribution >= 4 is 15.8 Å². The van der Waals surface area contributed by atoms with Gasteiger partial charge in [0.2, 0.25) is 0 Å². The number of nitrogens with zero attached hydrogens (tertiary/aromatic N) is 3. The molecule has 0 N–H and O–H groups in total. The van der Waals surface area contributed by atoms with Gasteiger partial charge in [0.25, 0.3) is 10.1 Å². The maximum absolute atomic E-state index is 11.0. The van der Waals surface area contributed by atoms with Gasteiger partial charge in [-0.1, -0.05) is 6.92 Å². The number of hydrogen-bond donors (Lipinski definition) is 0. The monoisotopic (exact) mass is 283 g/mol. The largest absolute Gasteiger partial charge is 0.289 e. The van der Waals surface area contributed by atoms with Crippen molar-refractivity contribution in [2.45, 2.75) is 20.3 Å². The Morgan fingerprint density at radius 1 is 1.47 bits per heavy atom. The van der Waals surface area contributed by atoms with Crippen molar-refractivity contribution in [2.24, 2.45) is 5.92 Å². The van der Waals surface area contributed by atoms with Gasteiger partial charge in [0.05, 0.1) is 12.9 Å². The number of pyridine rings is 1. The second kappa shape index (κ2) is 5.26. The average Bonchev–Trinajstić information content (AvgIpc) is 2.73. The summed E-state index contributed by atoms with van der Waals surface area (Å²) in [5.74, 6) is 0.110. The molecule has 2 aromatic rings. The van der Waals surface area contributed by atoms with Gasteiger partial charge in [-0.25, -0.2) is 0 Å². The van der Waals surface area contributed by atoms with Gasteiger partial charge in [-0.3, -0.25) is 8.58 Å². The fourth-order valence-electron chi connectivity index (χ4n) is 1.91. The summed E-state index contributed by atoms with van der Waals surface area (Å²) in [7, 11) is -3.37. The van der Waals surface area contributed by atoms with Gasteiger partial charge in [0, 0.05) is 6.20 Å². The molecule has 0 unspecified atom stereocenters. The lowest BCUT2D eigenvalue weighted by Crippen LogP contribution is -2.13. The van der Waals surface area contributed by atoms with Crippen LogP contribution < -0.4 is 0 Å². The number of hydrogen-bond acceptors (Lipinski definition) is 5. The van der Waals surface area contributed by atoms with Crippen LogP contribution in [0.4, 0.5) is 0 Å². The fraction of sp³-hybridized carbons (Fsp3) is 0.500. The Morgan fingerprint density at radius 2 is 2.21 bits per heavy atom. The van der Waals surface area contributed by atoms with E-state index in [-0.39, 0.29) is 12.5 Å². The van der Waals surface area contributed by atoms with Crippen LogP contribution >= 0.6 is 0 Å². The first kappa shape index (κ1) is 14.0. The molecular formula is C12H17N3O3S. The molecule has 1 atom stereocenters. The van der Waals surface area contributed by atoms with E-state index in [0.29, 0.717) is 0 Å². The van der Waals surface area contributed by atoms with E-state index in [2.05, 4.69) is 10.2 Å². The molecule has 2 aromatic heterocycles. The number of rotatable bonds is 5. The molecule has 0 aliphatic rings. The van der Waals surface area contributed by atoms with E-state index >= 15 is 0 Å². The fourth-order valence-corrected chi connectivity index (χ4v) is 2.39. The highest BCUT2D eigenvalue weighted by atomic mass is 32.2. The maximum atomic E-state index is 11.0. The lowest BCUT2D eigenvalue weighted by molar-refractivity contribution is 0.266. The summed E-state index contributed by atoms with van der Waals surface area (Å²) in [5.41, 5.74) is 3.04. The van der Waals surface area contributed by atoms with Crippen LogP contribution in [0.25, 0.3) is 5.65 Å². The zero-order valence-electron chi connectivity index (χ0n) is 11.2. The molecule has 104 valence electrons. The lowest BCUT2D eigenvalue weighted by atomic mass is 9.99. The molecule has 6 nitrogen and oxygen atoms in total. The highest BCUT2D eigenvalue weighted by Gasteiger charge is 2.11. The Kier molecular flexibility index (Phi) is 3.86. The molecule has 0 spiro atoms. The third kappa shape index (κ3) is 3.74. The summed E-state index contributed by atoms with van der Waals surface area (Å²) in [6.45, 7) is 4.16. The SMILES string of the molecule is Cc1cn2cnnc2cc1C[C@@H](C)COS(C)(=O)=O. The normalized spacial score (nSPS) is 13.8. The van der Waals surface area contributed by atoms with Crippen LogP contribution in [0.3, 0.4) is 0 Å². The molecule has 7 heteroatoms. The van der Waals surface area contributed by atoms with Crippen LogP contribution in [0.5, 0.6) is 0 Å². The second-order valence-electron chi connectivity index (χ2n) is 4.88. The van der Waals surface area contributed by atoms with E-state index < -0.39 is 10.1 Å². The minimum atomic E-state index is -3.37. The van der Waals surface area contributed by atoms with Crippen molar-refractivity contribution in [3.05, 3.63) is 29.7 Å². The van der Waals surface area contributed by atoms with Crippen LogP contribution in [0.15, 0.2) is 18.6 Å². The van der Waals surface area contributed by atoms with Crippen molar-refractivity contribution in [3.8, 4) is 0 Å². The predicted octanol–water partition coefficient (Wildman–Crippen LogP) is 1.19. The molecule has 0 saturated heterocycles. The van der Waals surface area contributed by atoms with Crippen molar-refractivity contribution in [3.63, 3.8) is 0 Å². The van der Waals surface area contributed by atoms with Gasteiger partial charge in [0.1, 0.15) is 6.33 Å². The van der Waals surface area contributed by atoms with Gasteiger partial charge in [-0.2, -0.15) is 8.42 Å². The van der Waals surface area contributed by atoms with E-state index in [9.17, 15) is 8.42 Å². The quantitative estimate of drug-likeness (QED) is 0.771. The standard InChI is InChI=1S/C12H17N3O3S/c1-9(7-18-19(3,16)17)4-11-5-12-14-13-8-15(12)6-10(11)2/h5-6,8-9H,4,7H2,1-3H3/t9-/m1/s1. The smallest absolute Gasteiger partial charge is 0.264 e. The Labute approximate surface area is 112 Å². The minimum absolute atomic E-state index is 0.110. The number of fused-ring (bicyclic) bond motifs is 1. The van der Waals surface area contributed by atoms with E-state index in [1.165, 1.54) is 0 Å². The summed E-state index contributed by atoms with van der Waals surface area (Å²) in [4.78, 5) is 0. The first-order valence-corrected chi connectivity index (χ1v) is 7.80. The Balaban J connectivity index is 2.09. The van der Waals surface area contributed by atoms with Crippen LogP contribution in [0.2, 0.25) is 0 Å². The topological polar surface area (TPSA) is 73.6 Å². The van der Waals surface area contributed by atoms with Gasteiger partial charge in [0.15, 0.2) is 5.65 Å². The van der Waals surface area contributed by atoms with Crippen LogP contribution in [0, 0.1) is 12.8 Å². The van der Waals surface area contributed by atoms with E-state index in [4.69, 9.17) is 4.18 Å². The maximum Gasteiger partial charge on any atom is 0.264 e. The molecule has 0 aromatic carbocycles. The molecule has 0 bridgehead atoms. The Hall–Kier alpha value is -1.47. The summed E-state index contributed by atoms with van der Waals surface area (Å²) in [6, 6.07) is 1.97. The van der Waals surface area contributed by atoms with E-state index in [1.54, 1.807) is 6.33 Å². The van der Waals surface area contributed by atoms with Gasteiger partial charge >= 0.3 is 0 Å². The molecule has 0 amide bonds. The predicted molar refractivity (Wildman–Crippen MR) is 71.4 cm³/mol. The highest BCUT2D eigenvalue weighted by molar-refractivity contribution is 7.85. The van der Waals surface area contributed by atoms with Crippen LogP contribution in [0.1, 0.15) is 18.1 Å². The van der Waals surface area contributed by atoms with Crippen LogP contribution in [-0.4, -0.2) is 35.9 Å². The van der Waals surface area contributed by atoms with Crippen molar-refractivity contribution in [1.82, 2.24) is 14.6 Å². The first-order valence-electron chi connectivity index (χ1n) is 5.98. The molecule has 19 heavy (non-hydrogen) atoms. The van der Waals surface area contributed by atoms with Crippen LogP contribution in [-0.2, 0) is 20.7 Å². The highest BCUT2D eigenvalue weighted by Crippen LogP contribution is 2.16. The first-order chi connectivity index (χ1) is 8.85. The summed E-state index contributed by atoms with van der Waals surface area (Å²) in [6.07, 6.45) is 5.43. The molecule has 0 saturated carbocycles. The Bertz CT molecular complexity index is 679. The molecule has 0 aliphatic heterocycles. The average molecular weight is 283 g/mol. The van der Waals surface area contributed by atoms with Gasteiger partial charge < -0.3 is 0 Å². The molecule has 0 aliphatic carbocycles. The summed E-state index contributed by atoms with van der Waals surface area (Å²) >= 11 is 0. The molecular weight excluding hydrogens is 266 g/mol. The minimum Gasteiger partial charge on any atom is -0.289 e. The van der Waals surface area contributed by atoms with Gasteiger partial charge in [-0.15, -0.1) is 10.2 Å². The lowest BCUT2D eigenvalue weighted by Gasteiger charge is -2.13. The van der Waals surface area contributed by atoms with E-state index in [1.807, 2.05) is 30.5 Å². The van der Waals surface area contributed by atoms with E-state index in [0.717, 1.165) is 29.5 Å². The molecule has 2 rings (SSSR count). The summed E-state index contributed by atoms with van der Waals surface area (Å²) in [5, 5.41) is 7.84. The third-order valence-electron chi connectivity index (χ3n) is 2.88. The molecule has 0 fully saturated rings. The molecule has 2 heterocycles. The number of aryl methyl sites for hydroxylation is 1. The van der Waals surface area contributed by atoms with Gasteiger partial charge in [-0.05, 0) is 36.5 Å².